The highest BCUT2D eigenvalue weighted by Gasteiger charge is 2.20. The van der Waals surface area contributed by atoms with E-state index in [4.69, 9.17) is 9.47 Å². The summed E-state index contributed by atoms with van der Waals surface area (Å²) in [5.41, 5.74) is 0.421. The first kappa shape index (κ1) is 11.5. The van der Waals surface area contributed by atoms with Crippen molar-refractivity contribution in [1.29, 1.82) is 0 Å². The smallest absolute Gasteiger partial charge is 0.272 e. The Morgan fingerprint density at radius 1 is 1.50 bits per heavy atom. The first-order chi connectivity index (χ1) is 8.83. The van der Waals surface area contributed by atoms with Gasteiger partial charge in [0.1, 0.15) is 0 Å². The quantitative estimate of drug-likeness (QED) is 0.853. The highest BCUT2D eigenvalue weighted by Crippen LogP contribution is 2.18. The molecule has 2 aliphatic rings. The summed E-state index contributed by atoms with van der Waals surface area (Å²) in [6, 6.07) is 1.70. The summed E-state index contributed by atoms with van der Waals surface area (Å²) >= 11 is 0. The van der Waals surface area contributed by atoms with Crippen LogP contribution in [0.25, 0.3) is 0 Å². The van der Waals surface area contributed by atoms with Crippen LogP contribution in [-0.2, 0) is 11.3 Å². The molecule has 0 aromatic carbocycles. The van der Waals surface area contributed by atoms with E-state index in [0.717, 1.165) is 32.4 Å². The first-order valence-electron chi connectivity index (χ1n) is 6.43. The van der Waals surface area contributed by atoms with Crippen molar-refractivity contribution in [3.63, 3.8) is 0 Å². The molecule has 1 atom stereocenters. The lowest BCUT2D eigenvalue weighted by Crippen LogP contribution is -2.32. The van der Waals surface area contributed by atoms with Gasteiger partial charge in [0.25, 0.3) is 5.91 Å². The Bertz CT molecular complexity index is 414. The van der Waals surface area contributed by atoms with Gasteiger partial charge in [-0.05, 0) is 12.8 Å². The largest absolute Gasteiger partial charge is 0.478 e. The van der Waals surface area contributed by atoms with E-state index in [1.54, 1.807) is 10.7 Å². The standard InChI is InChI=1S/C12H17N3O3/c16-12(13-8-9-3-1-5-17-9)10-7-11-15(14-10)4-2-6-18-11/h7,9H,1-6,8H2,(H,13,16). The van der Waals surface area contributed by atoms with E-state index in [9.17, 15) is 4.79 Å². The summed E-state index contributed by atoms with van der Waals surface area (Å²) in [4.78, 5) is 11.9. The third-order valence-corrected chi connectivity index (χ3v) is 3.25. The van der Waals surface area contributed by atoms with E-state index in [2.05, 4.69) is 10.4 Å². The first-order valence-corrected chi connectivity index (χ1v) is 6.43. The van der Waals surface area contributed by atoms with Gasteiger partial charge in [0, 0.05) is 32.2 Å². The fourth-order valence-corrected chi connectivity index (χ4v) is 2.28. The molecule has 0 saturated carbocycles. The van der Waals surface area contributed by atoms with E-state index in [1.807, 2.05) is 0 Å². The Labute approximate surface area is 105 Å². The highest BCUT2D eigenvalue weighted by atomic mass is 16.5. The van der Waals surface area contributed by atoms with E-state index in [1.165, 1.54) is 0 Å². The van der Waals surface area contributed by atoms with Crippen LogP contribution in [0, 0.1) is 0 Å². The zero-order valence-electron chi connectivity index (χ0n) is 10.2. The maximum Gasteiger partial charge on any atom is 0.272 e. The summed E-state index contributed by atoms with van der Waals surface area (Å²) in [6.45, 7) is 2.87. The van der Waals surface area contributed by atoms with Crippen molar-refractivity contribution in [2.24, 2.45) is 0 Å². The molecule has 98 valence electrons. The molecule has 1 fully saturated rings. The molecule has 18 heavy (non-hydrogen) atoms. The molecular weight excluding hydrogens is 234 g/mol. The van der Waals surface area contributed by atoms with Crippen LogP contribution >= 0.6 is 0 Å². The van der Waals surface area contributed by atoms with Crippen LogP contribution in [0.5, 0.6) is 5.88 Å². The van der Waals surface area contributed by atoms with E-state index in [-0.39, 0.29) is 12.0 Å². The number of carbonyl (C=O) groups is 1. The minimum atomic E-state index is -0.156. The molecule has 0 spiro atoms. The number of carbonyl (C=O) groups excluding carboxylic acids is 1. The number of ether oxygens (including phenoxy) is 2. The number of fused-ring (bicyclic) bond motifs is 1. The van der Waals surface area contributed by atoms with Gasteiger partial charge in [0.2, 0.25) is 5.88 Å². The van der Waals surface area contributed by atoms with Gasteiger partial charge in [-0.3, -0.25) is 4.79 Å². The second-order valence-electron chi connectivity index (χ2n) is 4.64. The molecule has 0 bridgehead atoms. The molecule has 0 aliphatic carbocycles. The fraction of sp³-hybridized carbons (Fsp3) is 0.667. The van der Waals surface area contributed by atoms with Gasteiger partial charge in [0.05, 0.1) is 12.7 Å². The molecule has 1 saturated heterocycles. The maximum absolute atomic E-state index is 11.9. The number of hydrogen-bond acceptors (Lipinski definition) is 4. The van der Waals surface area contributed by atoms with Gasteiger partial charge in [-0.2, -0.15) is 5.10 Å². The third kappa shape index (κ3) is 2.33. The fourth-order valence-electron chi connectivity index (χ4n) is 2.28. The third-order valence-electron chi connectivity index (χ3n) is 3.25. The average Bonchev–Trinajstić information content (AvgIpc) is 3.04. The van der Waals surface area contributed by atoms with Crippen molar-refractivity contribution in [2.75, 3.05) is 19.8 Å². The molecule has 6 heteroatoms. The molecule has 0 radical (unpaired) electrons. The normalized spacial score (nSPS) is 22.3. The second kappa shape index (κ2) is 4.97. The van der Waals surface area contributed by atoms with Crippen LogP contribution in [0.1, 0.15) is 29.8 Å². The van der Waals surface area contributed by atoms with Gasteiger partial charge in [-0.1, -0.05) is 0 Å². The number of hydrogen-bond donors (Lipinski definition) is 1. The van der Waals surface area contributed by atoms with E-state index < -0.39 is 0 Å². The predicted molar refractivity (Wildman–Crippen MR) is 63.6 cm³/mol. The van der Waals surface area contributed by atoms with Crippen LogP contribution in [0.2, 0.25) is 0 Å². The molecule has 1 amide bonds. The molecular formula is C12H17N3O3. The van der Waals surface area contributed by atoms with Crippen molar-refractivity contribution in [3.05, 3.63) is 11.8 Å². The second-order valence-corrected chi connectivity index (χ2v) is 4.64. The van der Waals surface area contributed by atoms with Crippen LogP contribution < -0.4 is 10.1 Å². The molecule has 6 nitrogen and oxygen atoms in total. The lowest BCUT2D eigenvalue weighted by atomic mass is 10.2. The summed E-state index contributed by atoms with van der Waals surface area (Å²) in [7, 11) is 0. The van der Waals surface area contributed by atoms with Crippen molar-refractivity contribution in [2.45, 2.75) is 31.9 Å². The van der Waals surface area contributed by atoms with Gasteiger partial charge in [-0.15, -0.1) is 0 Å². The Morgan fingerprint density at radius 2 is 2.44 bits per heavy atom. The number of amides is 1. The van der Waals surface area contributed by atoms with Crippen molar-refractivity contribution in [1.82, 2.24) is 15.1 Å². The van der Waals surface area contributed by atoms with Crippen LogP contribution in [0.15, 0.2) is 6.07 Å². The lowest BCUT2D eigenvalue weighted by molar-refractivity contribution is 0.0853. The number of aromatic nitrogens is 2. The van der Waals surface area contributed by atoms with Gasteiger partial charge in [-0.25, -0.2) is 4.68 Å². The lowest BCUT2D eigenvalue weighted by Gasteiger charge is -2.13. The van der Waals surface area contributed by atoms with Crippen LogP contribution in [0.3, 0.4) is 0 Å². The summed E-state index contributed by atoms with van der Waals surface area (Å²) in [6.07, 6.45) is 3.18. The SMILES string of the molecule is O=C(NCC1CCCO1)c1cc2n(n1)CCCO2. The Morgan fingerprint density at radius 3 is 3.22 bits per heavy atom. The van der Waals surface area contributed by atoms with Crippen molar-refractivity contribution < 1.29 is 14.3 Å². The minimum Gasteiger partial charge on any atom is -0.478 e. The number of rotatable bonds is 3. The molecule has 2 aliphatic heterocycles. The minimum absolute atomic E-state index is 0.155. The Hall–Kier alpha value is -1.56. The van der Waals surface area contributed by atoms with Crippen LogP contribution in [-0.4, -0.2) is 41.6 Å². The molecule has 3 rings (SSSR count). The highest BCUT2D eigenvalue weighted by molar-refractivity contribution is 5.92. The molecule has 1 aromatic rings. The number of nitrogens with one attached hydrogen (secondary N) is 1. The maximum atomic E-state index is 11.9. The Balaban J connectivity index is 1.59. The molecule has 3 heterocycles. The summed E-state index contributed by atoms with van der Waals surface area (Å²) < 4.78 is 12.6. The zero-order chi connectivity index (χ0) is 12.4. The van der Waals surface area contributed by atoms with E-state index >= 15 is 0 Å². The van der Waals surface area contributed by atoms with Crippen molar-refractivity contribution >= 4 is 5.91 Å². The Kier molecular flexibility index (Phi) is 3.19. The number of aryl methyl sites for hydroxylation is 1. The average molecular weight is 251 g/mol. The van der Waals surface area contributed by atoms with Crippen molar-refractivity contribution in [3.8, 4) is 5.88 Å². The summed E-state index contributed by atoms with van der Waals surface area (Å²) in [5, 5.41) is 7.09. The summed E-state index contributed by atoms with van der Waals surface area (Å²) in [5.74, 6) is 0.527. The monoisotopic (exact) mass is 251 g/mol. The topological polar surface area (TPSA) is 65.4 Å². The van der Waals surface area contributed by atoms with Crippen LogP contribution in [0.4, 0.5) is 0 Å². The van der Waals surface area contributed by atoms with Gasteiger partial charge in [0.15, 0.2) is 5.69 Å². The predicted octanol–water partition coefficient (Wildman–Crippen LogP) is 0.574. The number of nitrogens with zero attached hydrogens (tertiary/aromatic N) is 2. The van der Waals surface area contributed by atoms with E-state index in [0.29, 0.717) is 24.7 Å². The van der Waals surface area contributed by atoms with Gasteiger partial charge >= 0.3 is 0 Å². The van der Waals surface area contributed by atoms with Gasteiger partial charge < -0.3 is 14.8 Å². The molecule has 1 unspecified atom stereocenters. The molecule has 1 aromatic heterocycles. The zero-order valence-corrected chi connectivity index (χ0v) is 10.2. The molecule has 1 N–H and O–H groups in total.